The Kier molecular flexibility index (Phi) is 3.37. The quantitative estimate of drug-likeness (QED) is 0.920. The molecule has 0 aliphatic carbocycles. The van der Waals surface area contributed by atoms with Crippen molar-refractivity contribution in [2.45, 2.75) is 38.8 Å². The van der Waals surface area contributed by atoms with Gasteiger partial charge in [-0.05, 0) is 36.2 Å². The van der Waals surface area contributed by atoms with Gasteiger partial charge >= 0.3 is 0 Å². The van der Waals surface area contributed by atoms with Gasteiger partial charge in [-0.1, -0.05) is 0 Å². The molecule has 2 rings (SSSR count). The van der Waals surface area contributed by atoms with E-state index in [4.69, 9.17) is 10.5 Å². The molecule has 0 bridgehead atoms. The van der Waals surface area contributed by atoms with Crippen LogP contribution in [0.15, 0.2) is 4.47 Å². The van der Waals surface area contributed by atoms with E-state index in [1.807, 2.05) is 11.6 Å². The molecule has 1 atom stereocenters. The largest absolute Gasteiger partial charge is 0.379 e. The second-order valence-electron chi connectivity index (χ2n) is 4.50. The third-order valence-electron chi connectivity index (χ3n) is 3.11. The van der Waals surface area contributed by atoms with Crippen LogP contribution in [0.1, 0.15) is 24.7 Å². The maximum absolute atomic E-state index is 6.31. The van der Waals surface area contributed by atoms with E-state index < -0.39 is 0 Å². The third kappa shape index (κ3) is 2.17. The highest BCUT2D eigenvalue weighted by atomic mass is 79.9. The highest BCUT2D eigenvalue weighted by Gasteiger charge is 2.32. The van der Waals surface area contributed by atoms with E-state index in [-0.39, 0.29) is 5.54 Å². The van der Waals surface area contributed by atoms with Gasteiger partial charge in [0.05, 0.1) is 22.5 Å². The molecule has 0 amide bonds. The summed E-state index contributed by atoms with van der Waals surface area (Å²) in [5.41, 5.74) is 8.30. The van der Waals surface area contributed by atoms with Crippen molar-refractivity contribution in [2.24, 2.45) is 5.73 Å². The first-order chi connectivity index (χ1) is 7.56. The van der Waals surface area contributed by atoms with E-state index in [9.17, 15) is 0 Å². The minimum absolute atomic E-state index is 0.220. The van der Waals surface area contributed by atoms with Crippen molar-refractivity contribution in [3.8, 4) is 0 Å². The van der Waals surface area contributed by atoms with Crippen molar-refractivity contribution >= 4 is 15.9 Å². The van der Waals surface area contributed by atoms with Crippen molar-refractivity contribution in [3.63, 3.8) is 0 Å². The van der Waals surface area contributed by atoms with Crippen LogP contribution in [-0.4, -0.2) is 28.5 Å². The van der Waals surface area contributed by atoms with Crippen LogP contribution >= 0.6 is 15.9 Å². The maximum atomic E-state index is 6.31. The summed E-state index contributed by atoms with van der Waals surface area (Å²) in [5, 5.41) is 4.48. The number of ether oxygens (including phenoxy) is 1. The van der Waals surface area contributed by atoms with Gasteiger partial charge in [0.1, 0.15) is 0 Å². The van der Waals surface area contributed by atoms with E-state index in [0.717, 1.165) is 36.2 Å². The lowest BCUT2D eigenvalue weighted by Gasteiger charge is -2.22. The molecule has 1 aromatic rings. The summed E-state index contributed by atoms with van der Waals surface area (Å²) in [6.07, 6.45) is 1.75. The summed E-state index contributed by atoms with van der Waals surface area (Å²) >= 11 is 3.59. The lowest BCUT2D eigenvalue weighted by atomic mass is 9.94. The lowest BCUT2D eigenvalue weighted by molar-refractivity contribution is 0.177. The smallest absolute Gasteiger partial charge is 0.0738 e. The Labute approximate surface area is 104 Å². The topological polar surface area (TPSA) is 53.1 Å². The summed E-state index contributed by atoms with van der Waals surface area (Å²) < 4.78 is 8.49. The van der Waals surface area contributed by atoms with Crippen molar-refractivity contribution < 1.29 is 4.74 Å². The van der Waals surface area contributed by atoms with Gasteiger partial charge < -0.3 is 10.5 Å². The molecule has 2 N–H and O–H groups in total. The number of nitrogens with zero attached hydrogens (tertiary/aromatic N) is 2. The monoisotopic (exact) mass is 287 g/mol. The number of aryl methyl sites for hydroxylation is 2. The normalized spacial score (nSPS) is 25.2. The number of hydrogen-bond donors (Lipinski definition) is 1. The molecule has 1 aliphatic heterocycles. The summed E-state index contributed by atoms with van der Waals surface area (Å²) in [4.78, 5) is 0. The lowest BCUT2D eigenvalue weighted by Crippen LogP contribution is -2.43. The highest BCUT2D eigenvalue weighted by Crippen LogP contribution is 2.27. The van der Waals surface area contributed by atoms with Gasteiger partial charge in [-0.3, -0.25) is 4.68 Å². The minimum Gasteiger partial charge on any atom is -0.379 e. The van der Waals surface area contributed by atoms with Gasteiger partial charge in [0.15, 0.2) is 0 Å². The molecule has 16 heavy (non-hydrogen) atoms. The van der Waals surface area contributed by atoms with Gasteiger partial charge in [0, 0.05) is 25.1 Å². The zero-order valence-corrected chi connectivity index (χ0v) is 11.4. The molecule has 1 unspecified atom stereocenters. The Morgan fingerprint density at radius 3 is 2.94 bits per heavy atom. The number of nitrogens with two attached hydrogens (primary N) is 1. The van der Waals surface area contributed by atoms with Crippen LogP contribution in [0.5, 0.6) is 0 Å². The fraction of sp³-hybridized carbons (Fsp3) is 0.727. The fourth-order valence-electron chi connectivity index (χ4n) is 2.13. The first-order valence-corrected chi connectivity index (χ1v) is 6.43. The number of aromatic nitrogens is 2. The first kappa shape index (κ1) is 12.1. The molecule has 0 aromatic carbocycles. The fourth-order valence-corrected chi connectivity index (χ4v) is 2.56. The van der Waals surface area contributed by atoms with Crippen molar-refractivity contribution in [1.29, 1.82) is 0 Å². The summed E-state index contributed by atoms with van der Waals surface area (Å²) in [5.74, 6) is 0. The molecule has 1 saturated heterocycles. The first-order valence-electron chi connectivity index (χ1n) is 5.64. The SMILES string of the molecule is CCn1nc(C)c(Br)c1CC1(N)CCOC1. The Hall–Kier alpha value is -0.390. The van der Waals surface area contributed by atoms with Crippen LogP contribution < -0.4 is 5.73 Å². The molecule has 90 valence electrons. The van der Waals surface area contributed by atoms with E-state index in [1.165, 1.54) is 5.69 Å². The van der Waals surface area contributed by atoms with E-state index in [2.05, 4.69) is 28.0 Å². The molecule has 5 heteroatoms. The van der Waals surface area contributed by atoms with Crippen LogP contribution in [0.2, 0.25) is 0 Å². The average molecular weight is 288 g/mol. The zero-order chi connectivity index (χ0) is 11.8. The summed E-state index contributed by atoms with van der Waals surface area (Å²) in [6.45, 7) is 6.39. The molecule has 0 saturated carbocycles. The second-order valence-corrected chi connectivity index (χ2v) is 5.30. The predicted molar refractivity (Wildman–Crippen MR) is 66.4 cm³/mol. The predicted octanol–water partition coefficient (Wildman–Crippen LogP) is 1.63. The van der Waals surface area contributed by atoms with Gasteiger partial charge in [-0.25, -0.2) is 0 Å². The Bertz CT molecular complexity index is 383. The summed E-state index contributed by atoms with van der Waals surface area (Å²) in [7, 11) is 0. The van der Waals surface area contributed by atoms with Gasteiger partial charge in [-0.2, -0.15) is 5.10 Å². The van der Waals surface area contributed by atoms with E-state index in [1.54, 1.807) is 0 Å². The Morgan fingerprint density at radius 1 is 1.62 bits per heavy atom. The van der Waals surface area contributed by atoms with Gasteiger partial charge in [-0.15, -0.1) is 0 Å². The van der Waals surface area contributed by atoms with Gasteiger partial charge in [0.2, 0.25) is 0 Å². The van der Waals surface area contributed by atoms with Crippen LogP contribution in [-0.2, 0) is 17.7 Å². The van der Waals surface area contributed by atoms with Gasteiger partial charge in [0.25, 0.3) is 0 Å². The molecular weight excluding hydrogens is 270 g/mol. The molecule has 0 radical (unpaired) electrons. The molecular formula is C11H18BrN3O. The summed E-state index contributed by atoms with van der Waals surface area (Å²) in [6, 6.07) is 0. The number of rotatable bonds is 3. The molecule has 4 nitrogen and oxygen atoms in total. The van der Waals surface area contributed by atoms with Crippen LogP contribution in [0.25, 0.3) is 0 Å². The second kappa shape index (κ2) is 4.47. The molecule has 1 fully saturated rings. The standard InChI is InChI=1S/C11H18BrN3O/c1-3-15-9(10(12)8(2)14-15)6-11(13)4-5-16-7-11/h3-7,13H2,1-2H3. The Morgan fingerprint density at radius 2 is 2.38 bits per heavy atom. The number of halogens is 1. The van der Waals surface area contributed by atoms with Crippen molar-refractivity contribution in [1.82, 2.24) is 9.78 Å². The maximum Gasteiger partial charge on any atom is 0.0738 e. The Balaban J connectivity index is 2.26. The molecule has 0 spiro atoms. The highest BCUT2D eigenvalue weighted by molar-refractivity contribution is 9.10. The van der Waals surface area contributed by atoms with Crippen molar-refractivity contribution in [3.05, 3.63) is 15.9 Å². The van der Waals surface area contributed by atoms with Crippen molar-refractivity contribution in [2.75, 3.05) is 13.2 Å². The van der Waals surface area contributed by atoms with E-state index >= 15 is 0 Å². The number of hydrogen-bond acceptors (Lipinski definition) is 3. The van der Waals surface area contributed by atoms with Crippen LogP contribution in [0.3, 0.4) is 0 Å². The molecule has 1 aliphatic rings. The minimum atomic E-state index is -0.220. The van der Waals surface area contributed by atoms with Crippen LogP contribution in [0.4, 0.5) is 0 Å². The third-order valence-corrected chi connectivity index (χ3v) is 4.14. The molecule has 1 aromatic heterocycles. The average Bonchev–Trinajstić information content (AvgIpc) is 2.78. The van der Waals surface area contributed by atoms with E-state index in [0.29, 0.717) is 6.61 Å². The molecule has 2 heterocycles. The van der Waals surface area contributed by atoms with Crippen LogP contribution in [0, 0.1) is 6.92 Å². The zero-order valence-electron chi connectivity index (χ0n) is 9.79.